The molecule has 0 radical (unpaired) electrons. The van der Waals surface area contributed by atoms with E-state index in [4.69, 9.17) is 18.9 Å². The standard InChI is InChI=1S/C54H74N4O9/c1-7-10-11-12-13-14-15-16-20-30-49(60)66-39-44(55-53(63)57-51(61)42-25-18-17-19-26-42)36-48(59)56-47(35-40-31-33-45(34-32-40)67-54(4,5)6)52(62)58(38-50(64-8-2)65-9-3)37-43-28-23-27-41-24-21-22-29-46(41)43/h17-19,21-29,31-34,44,47,50H,7-16,20,30,35-39H2,1-6H3,(H,56,59)(H2,55,57,61,63). The van der Waals surface area contributed by atoms with E-state index in [2.05, 4.69) is 22.9 Å². The summed E-state index contributed by atoms with van der Waals surface area (Å²) in [5, 5.41) is 9.92. The number of nitrogens with zero attached hydrogens (tertiary/aromatic N) is 1. The zero-order chi connectivity index (χ0) is 48.4. The Morgan fingerprint density at radius 2 is 1.31 bits per heavy atom. The van der Waals surface area contributed by atoms with Crippen LogP contribution < -0.4 is 20.7 Å². The van der Waals surface area contributed by atoms with E-state index in [1.54, 1.807) is 35.2 Å². The molecule has 4 aromatic carbocycles. The van der Waals surface area contributed by atoms with Gasteiger partial charge in [0.05, 0.1) is 19.0 Å². The SMILES string of the molecule is CCCCCCCCCCCC(=O)OCC(CC(=O)NC(Cc1ccc(OC(C)(C)C)cc1)C(=O)N(Cc1cccc2ccccc12)CC(OCC)OCC)NC(=O)NC(=O)c1ccccc1. The lowest BCUT2D eigenvalue weighted by atomic mass is 10.0. The average Bonchev–Trinajstić information content (AvgIpc) is 3.30. The Hall–Kier alpha value is -5.79. The first-order valence-corrected chi connectivity index (χ1v) is 24.2. The fourth-order valence-corrected chi connectivity index (χ4v) is 7.74. The van der Waals surface area contributed by atoms with Gasteiger partial charge < -0.3 is 34.5 Å². The maximum absolute atomic E-state index is 15.1. The molecule has 67 heavy (non-hydrogen) atoms. The van der Waals surface area contributed by atoms with E-state index in [0.717, 1.165) is 41.2 Å². The predicted octanol–water partition coefficient (Wildman–Crippen LogP) is 9.83. The summed E-state index contributed by atoms with van der Waals surface area (Å²) < 4.78 is 23.6. The second-order valence-electron chi connectivity index (χ2n) is 17.8. The van der Waals surface area contributed by atoms with Crippen molar-refractivity contribution in [3.63, 3.8) is 0 Å². The molecule has 4 rings (SSSR count). The van der Waals surface area contributed by atoms with E-state index in [1.807, 2.05) is 101 Å². The molecule has 13 nitrogen and oxygen atoms in total. The third-order valence-electron chi connectivity index (χ3n) is 11.0. The van der Waals surface area contributed by atoms with Crippen LogP contribution in [0.5, 0.6) is 5.75 Å². The third-order valence-corrected chi connectivity index (χ3v) is 11.0. The Labute approximate surface area is 398 Å². The molecule has 0 bridgehead atoms. The van der Waals surface area contributed by atoms with Gasteiger partial charge in [-0.2, -0.15) is 0 Å². The van der Waals surface area contributed by atoms with Crippen LogP contribution in [0.1, 0.15) is 134 Å². The molecule has 2 unspecified atom stereocenters. The molecule has 0 saturated carbocycles. The summed E-state index contributed by atoms with van der Waals surface area (Å²) in [5.74, 6) is -1.41. The van der Waals surface area contributed by atoms with Crippen LogP contribution in [0.2, 0.25) is 0 Å². The zero-order valence-electron chi connectivity index (χ0n) is 40.6. The molecule has 0 spiro atoms. The number of amides is 5. The minimum absolute atomic E-state index is 0.0726. The third kappa shape index (κ3) is 20.3. The lowest BCUT2D eigenvalue weighted by molar-refractivity contribution is -0.161. The van der Waals surface area contributed by atoms with E-state index >= 15 is 4.79 Å². The van der Waals surface area contributed by atoms with Gasteiger partial charge >= 0.3 is 12.0 Å². The Morgan fingerprint density at radius 1 is 0.687 bits per heavy atom. The van der Waals surface area contributed by atoms with Gasteiger partial charge in [-0.05, 0) is 87.2 Å². The number of carbonyl (C=O) groups is 5. The molecular weight excluding hydrogens is 849 g/mol. The Kier molecular flexibility index (Phi) is 23.4. The van der Waals surface area contributed by atoms with Crippen LogP contribution in [0.4, 0.5) is 4.79 Å². The largest absolute Gasteiger partial charge is 0.488 e. The molecule has 0 heterocycles. The van der Waals surface area contributed by atoms with Crippen molar-refractivity contribution in [2.45, 2.75) is 149 Å². The molecule has 13 heteroatoms. The van der Waals surface area contributed by atoms with Gasteiger partial charge in [-0.3, -0.25) is 24.5 Å². The normalized spacial score (nSPS) is 12.3. The van der Waals surface area contributed by atoms with Gasteiger partial charge in [0, 0.05) is 38.2 Å². The molecule has 4 aromatic rings. The fourth-order valence-electron chi connectivity index (χ4n) is 7.74. The number of fused-ring (bicyclic) bond motifs is 1. The second-order valence-corrected chi connectivity index (χ2v) is 17.8. The number of hydrogen-bond donors (Lipinski definition) is 3. The molecule has 0 aliphatic carbocycles. The first kappa shape index (κ1) is 53.8. The van der Waals surface area contributed by atoms with Crippen LogP contribution in [0.25, 0.3) is 10.8 Å². The van der Waals surface area contributed by atoms with Gasteiger partial charge in [0.1, 0.15) is 24.0 Å². The van der Waals surface area contributed by atoms with Crippen molar-refractivity contribution in [3.05, 3.63) is 114 Å². The molecule has 2 atom stereocenters. The molecule has 3 N–H and O–H groups in total. The lowest BCUT2D eigenvalue weighted by Gasteiger charge is -2.31. The van der Waals surface area contributed by atoms with Crippen molar-refractivity contribution in [2.75, 3.05) is 26.4 Å². The fraction of sp³-hybridized carbons (Fsp3) is 0.500. The van der Waals surface area contributed by atoms with Gasteiger partial charge in [0.25, 0.3) is 5.91 Å². The van der Waals surface area contributed by atoms with Gasteiger partial charge in [-0.1, -0.05) is 131 Å². The molecule has 0 aliphatic rings. The van der Waals surface area contributed by atoms with E-state index in [-0.39, 0.29) is 50.4 Å². The summed E-state index contributed by atoms with van der Waals surface area (Å²) in [7, 11) is 0. The zero-order valence-corrected chi connectivity index (χ0v) is 40.6. The number of rotatable bonds is 29. The van der Waals surface area contributed by atoms with Gasteiger partial charge in [-0.15, -0.1) is 0 Å². The summed E-state index contributed by atoms with van der Waals surface area (Å²) >= 11 is 0. The number of unbranched alkanes of at least 4 members (excludes halogenated alkanes) is 8. The van der Waals surface area contributed by atoms with E-state index in [1.165, 1.54) is 32.1 Å². The highest BCUT2D eigenvalue weighted by Gasteiger charge is 2.31. The number of imide groups is 1. The Morgan fingerprint density at radius 3 is 1.97 bits per heavy atom. The van der Waals surface area contributed by atoms with Crippen molar-refractivity contribution in [1.82, 2.24) is 20.9 Å². The smallest absolute Gasteiger partial charge is 0.322 e. The van der Waals surface area contributed by atoms with Crippen LogP contribution >= 0.6 is 0 Å². The number of benzene rings is 4. The van der Waals surface area contributed by atoms with Crippen LogP contribution in [-0.4, -0.2) is 85.0 Å². The van der Waals surface area contributed by atoms with E-state index < -0.39 is 47.8 Å². The Bertz CT molecular complexity index is 2110. The summed E-state index contributed by atoms with van der Waals surface area (Å²) in [5.41, 5.74) is 1.50. The maximum Gasteiger partial charge on any atom is 0.322 e. The van der Waals surface area contributed by atoms with Crippen molar-refractivity contribution < 1.29 is 42.9 Å². The summed E-state index contributed by atoms with van der Waals surface area (Å²) in [6, 6.07) is 26.5. The number of esters is 1. The highest BCUT2D eigenvalue weighted by molar-refractivity contribution is 6.04. The van der Waals surface area contributed by atoms with Gasteiger partial charge in [0.15, 0.2) is 6.29 Å². The molecule has 0 fully saturated rings. The first-order chi connectivity index (χ1) is 32.3. The van der Waals surface area contributed by atoms with Crippen LogP contribution in [0.15, 0.2) is 97.1 Å². The predicted molar refractivity (Wildman–Crippen MR) is 263 cm³/mol. The number of hydrogen-bond acceptors (Lipinski definition) is 9. The van der Waals surface area contributed by atoms with Crippen molar-refractivity contribution in [2.24, 2.45) is 0 Å². The average molecular weight is 923 g/mol. The highest BCUT2D eigenvalue weighted by Crippen LogP contribution is 2.23. The quantitative estimate of drug-likeness (QED) is 0.0274. The number of nitrogens with one attached hydrogen (secondary N) is 3. The number of urea groups is 1. The monoisotopic (exact) mass is 923 g/mol. The van der Waals surface area contributed by atoms with Crippen LogP contribution in [0, 0.1) is 0 Å². The Balaban J connectivity index is 1.58. The molecular formula is C54H74N4O9. The van der Waals surface area contributed by atoms with Gasteiger partial charge in [-0.25, -0.2) is 4.79 Å². The second kappa shape index (κ2) is 29.1. The maximum atomic E-state index is 15.1. The summed E-state index contributed by atoms with van der Waals surface area (Å²) in [6.45, 7) is 12.4. The minimum atomic E-state index is -1.09. The minimum Gasteiger partial charge on any atom is -0.488 e. The molecule has 0 saturated heterocycles. The van der Waals surface area contributed by atoms with Gasteiger partial charge in [0.2, 0.25) is 11.8 Å². The van der Waals surface area contributed by atoms with Crippen molar-refractivity contribution in [1.29, 1.82) is 0 Å². The van der Waals surface area contributed by atoms with E-state index in [9.17, 15) is 19.2 Å². The van der Waals surface area contributed by atoms with Crippen LogP contribution in [0.3, 0.4) is 0 Å². The topological polar surface area (TPSA) is 162 Å². The first-order valence-electron chi connectivity index (χ1n) is 24.2. The number of carbonyl (C=O) groups excluding carboxylic acids is 5. The lowest BCUT2D eigenvalue weighted by Crippen LogP contribution is -2.53. The summed E-state index contributed by atoms with van der Waals surface area (Å²) in [6.07, 6.45) is 9.03. The molecule has 0 aliphatic heterocycles. The highest BCUT2D eigenvalue weighted by atomic mass is 16.7. The molecule has 5 amide bonds. The molecule has 364 valence electrons. The number of ether oxygens (including phenoxy) is 4. The van der Waals surface area contributed by atoms with Crippen molar-refractivity contribution >= 4 is 40.5 Å². The summed E-state index contributed by atoms with van der Waals surface area (Å²) in [4.78, 5) is 70.1. The van der Waals surface area contributed by atoms with Crippen molar-refractivity contribution in [3.8, 4) is 5.75 Å². The van der Waals surface area contributed by atoms with Crippen LogP contribution in [-0.2, 0) is 41.6 Å². The van der Waals surface area contributed by atoms with E-state index in [0.29, 0.717) is 25.4 Å². The molecule has 0 aromatic heterocycles.